The number of allylic oxidation sites excluding steroid dienone is 2. The van der Waals surface area contributed by atoms with E-state index in [2.05, 4.69) is 39.7 Å². The van der Waals surface area contributed by atoms with Crippen LogP contribution in [0.1, 0.15) is 44.9 Å². The number of imide groups is 1. The standard InChI is InChI=1S/C23H37N5O2/c1-24-23(25-11-6-13-27(2)18-7-4-3-5-8-18)26-12-14-28-21(29)19-16-9-10-17(15-16)20(19)22(28)30/h9-10,16-20H,3-8,11-15H2,1-2H3,(H2,24,25,26). The summed E-state index contributed by atoms with van der Waals surface area (Å²) < 4.78 is 0. The van der Waals surface area contributed by atoms with Gasteiger partial charge in [0, 0.05) is 32.7 Å². The summed E-state index contributed by atoms with van der Waals surface area (Å²) in [4.78, 5) is 33.7. The van der Waals surface area contributed by atoms with E-state index < -0.39 is 0 Å². The number of likely N-dealkylation sites (tertiary alicyclic amines) is 1. The van der Waals surface area contributed by atoms with E-state index in [1.807, 2.05) is 0 Å². The molecule has 7 nitrogen and oxygen atoms in total. The minimum atomic E-state index is -0.105. The molecule has 0 spiro atoms. The van der Waals surface area contributed by atoms with Gasteiger partial charge in [0.2, 0.25) is 11.8 Å². The molecule has 1 saturated heterocycles. The van der Waals surface area contributed by atoms with Crippen LogP contribution in [0.15, 0.2) is 17.1 Å². The molecular formula is C23H37N5O2. The maximum Gasteiger partial charge on any atom is 0.233 e. The molecule has 2 N–H and O–H groups in total. The van der Waals surface area contributed by atoms with Gasteiger partial charge in [0.05, 0.1) is 11.8 Å². The average molecular weight is 416 g/mol. The first-order chi connectivity index (χ1) is 14.6. The van der Waals surface area contributed by atoms with E-state index in [0.717, 1.165) is 37.9 Å². The van der Waals surface area contributed by atoms with Gasteiger partial charge in [0.1, 0.15) is 0 Å². The monoisotopic (exact) mass is 415 g/mol. The van der Waals surface area contributed by atoms with E-state index in [1.54, 1.807) is 7.05 Å². The number of nitrogens with zero attached hydrogens (tertiary/aromatic N) is 3. The van der Waals surface area contributed by atoms with Crippen LogP contribution in [0.3, 0.4) is 0 Å². The van der Waals surface area contributed by atoms with Crippen molar-refractivity contribution in [3.8, 4) is 0 Å². The largest absolute Gasteiger partial charge is 0.356 e. The van der Waals surface area contributed by atoms with Gasteiger partial charge in [0.25, 0.3) is 0 Å². The second-order valence-electron chi connectivity index (χ2n) is 9.38. The van der Waals surface area contributed by atoms with E-state index in [-0.39, 0.29) is 35.5 Å². The molecule has 2 amide bonds. The summed E-state index contributed by atoms with van der Waals surface area (Å²) in [5.41, 5.74) is 0. The summed E-state index contributed by atoms with van der Waals surface area (Å²) in [6, 6.07) is 0.747. The molecule has 2 bridgehead atoms. The third kappa shape index (κ3) is 4.27. The van der Waals surface area contributed by atoms with Crippen LogP contribution < -0.4 is 10.6 Å². The van der Waals surface area contributed by atoms with Gasteiger partial charge in [-0.3, -0.25) is 19.5 Å². The second kappa shape index (κ2) is 9.50. The van der Waals surface area contributed by atoms with Crippen molar-refractivity contribution in [3.05, 3.63) is 12.2 Å². The molecule has 4 unspecified atom stereocenters. The van der Waals surface area contributed by atoms with Crippen molar-refractivity contribution in [3.63, 3.8) is 0 Å². The minimum absolute atomic E-state index is 0.0253. The van der Waals surface area contributed by atoms with Crippen LogP contribution >= 0.6 is 0 Å². The number of hydrogen-bond acceptors (Lipinski definition) is 4. The number of rotatable bonds is 8. The van der Waals surface area contributed by atoms with Crippen LogP contribution in [-0.2, 0) is 9.59 Å². The first-order valence-corrected chi connectivity index (χ1v) is 11.8. The molecule has 3 aliphatic carbocycles. The molecular weight excluding hydrogens is 378 g/mol. The van der Waals surface area contributed by atoms with Crippen molar-refractivity contribution in [2.24, 2.45) is 28.7 Å². The molecule has 166 valence electrons. The molecule has 0 aromatic carbocycles. The van der Waals surface area contributed by atoms with Crippen molar-refractivity contribution in [1.29, 1.82) is 0 Å². The van der Waals surface area contributed by atoms with Crippen molar-refractivity contribution < 1.29 is 9.59 Å². The Labute approximate surface area is 180 Å². The lowest BCUT2D eigenvalue weighted by Crippen LogP contribution is -2.44. The third-order valence-corrected chi connectivity index (χ3v) is 7.59. The maximum atomic E-state index is 12.7. The number of amides is 2. The molecule has 4 atom stereocenters. The second-order valence-corrected chi connectivity index (χ2v) is 9.38. The van der Waals surface area contributed by atoms with Crippen LogP contribution in [0.2, 0.25) is 0 Å². The zero-order valence-electron chi connectivity index (χ0n) is 18.5. The highest BCUT2D eigenvalue weighted by Crippen LogP contribution is 2.52. The van der Waals surface area contributed by atoms with Crippen LogP contribution in [0, 0.1) is 23.7 Å². The fourth-order valence-corrected chi connectivity index (χ4v) is 5.93. The Morgan fingerprint density at radius 3 is 2.33 bits per heavy atom. The smallest absolute Gasteiger partial charge is 0.233 e. The first kappa shape index (κ1) is 21.3. The van der Waals surface area contributed by atoms with Gasteiger partial charge in [-0.2, -0.15) is 0 Å². The van der Waals surface area contributed by atoms with Gasteiger partial charge in [-0.1, -0.05) is 31.4 Å². The molecule has 4 rings (SSSR count). The van der Waals surface area contributed by atoms with Crippen molar-refractivity contribution in [2.45, 2.75) is 51.0 Å². The lowest BCUT2D eigenvalue weighted by Gasteiger charge is -2.31. The first-order valence-electron chi connectivity index (χ1n) is 11.8. The molecule has 0 aromatic rings. The topological polar surface area (TPSA) is 77.0 Å². The van der Waals surface area contributed by atoms with Crippen molar-refractivity contribution >= 4 is 17.8 Å². The Bertz CT molecular complexity index is 670. The minimum Gasteiger partial charge on any atom is -0.356 e. The van der Waals surface area contributed by atoms with Gasteiger partial charge >= 0.3 is 0 Å². The fraction of sp³-hybridized carbons (Fsp3) is 0.783. The molecule has 4 aliphatic rings. The summed E-state index contributed by atoms with van der Waals surface area (Å²) in [5, 5.41) is 6.61. The molecule has 3 fully saturated rings. The Morgan fingerprint density at radius 2 is 1.70 bits per heavy atom. The number of fused-ring (bicyclic) bond motifs is 5. The predicted octanol–water partition coefficient (Wildman–Crippen LogP) is 1.61. The summed E-state index contributed by atoms with van der Waals surface area (Å²) in [6.07, 6.45) is 13.1. The third-order valence-electron chi connectivity index (χ3n) is 7.59. The Hall–Kier alpha value is -1.89. The van der Waals surface area contributed by atoms with Crippen LogP contribution in [0.4, 0.5) is 0 Å². The van der Waals surface area contributed by atoms with Crippen molar-refractivity contribution in [1.82, 2.24) is 20.4 Å². The number of aliphatic imine (C=N–C) groups is 1. The van der Waals surface area contributed by atoms with Gasteiger partial charge in [0.15, 0.2) is 5.96 Å². The van der Waals surface area contributed by atoms with Gasteiger partial charge in [-0.05, 0) is 51.1 Å². The molecule has 1 heterocycles. The van der Waals surface area contributed by atoms with Gasteiger partial charge in [-0.15, -0.1) is 0 Å². The summed E-state index contributed by atoms with van der Waals surface area (Å²) in [6.45, 7) is 2.89. The number of carbonyl (C=O) groups is 2. The predicted molar refractivity (Wildman–Crippen MR) is 118 cm³/mol. The highest BCUT2D eigenvalue weighted by Gasteiger charge is 2.58. The Kier molecular flexibility index (Phi) is 6.76. The Balaban J connectivity index is 1.14. The summed E-state index contributed by atoms with van der Waals surface area (Å²) in [7, 11) is 3.99. The van der Waals surface area contributed by atoms with Crippen LogP contribution in [0.5, 0.6) is 0 Å². The molecule has 7 heteroatoms. The molecule has 30 heavy (non-hydrogen) atoms. The highest BCUT2D eigenvalue weighted by molar-refractivity contribution is 6.06. The van der Waals surface area contributed by atoms with E-state index >= 15 is 0 Å². The lowest BCUT2D eigenvalue weighted by molar-refractivity contribution is -0.140. The van der Waals surface area contributed by atoms with Gasteiger partial charge < -0.3 is 15.5 Å². The number of nitrogens with one attached hydrogen (secondary N) is 2. The van der Waals surface area contributed by atoms with Gasteiger partial charge in [-0.25, -0.2) is 0 Å². The summed E-state index contributed by atoms with van der Waals surface area (Å²) >= 11 is 0. The SMILES string of the molecule is CN=C(NCCCN(C)C1CCCCC1)NCCN1C(=O)C2C3C=CC(C3)C2C1=O. The molecule has 0 radical (unpaired) electrons. The van der Waals surface area contributed by atoms with E-state index in [1.165, 1.54) is 37.0 Å². The Morgan fingerprint density at radius 1 is 1.07 bits per heavy atom. The maximum absolute atomic E-state index is 12.7. The van der Waals surface area contributed by atoms with Crippen molar-refractivity contribution in [2.75, 3.05) is 40.3 Å². The summed E-state index contributed by atoms with van der Waals surface area (Å²) in [5.74, 6) is 1.12. The molecule has 0 aromatic heterocycles. The van der Waals surface area contributed by atoms with Crippen LogP contribution in [-0.4, -0.2) is 73.9 Å². The zero-order chi connectivity index (χ0) is 21.1. The number of guanidine groups is 1. The average Bonchev–Trinajstić information content (AvgIpc) is 3.45. The highest BCUT2D eigenvalue weighted by atomic mass is 16.2. The van der Waals surface area contributed by atoms with E-state index in [4.69, 9.17) is 0 Å². The van der Waals surface area contributed by atoms with Crippen LogP contribution in [0.25, 0.3) is 0 Å². The number of carbonyl (C=O) groups excluding carboxylic acids is 2. The quantitative estimate of drug-likeness (QED) is 0.207. The lowest BCUT2D eigenvalue weighted by atomic mass is 9.85. The fourth-order valence-electron chi connectivity index (χ4n) is 5.93. The molecule has 2 saturated carbocycles. The van der Waals surface area contributed by atoms with E-state index in [0.29, 0.717) is 13.1 Å². The zero-order valence-corrected chi connectivity index (χ0v) is 18.5. The number of hydrogen-bond donors (Lipinski definition) is 2. The molecule has 1 aliphatic heterocycles. The van der Waals surface area contributed by atoms with E-state index in [9.17, 15) is 9.59 Å². The normalized spacial score (nSPS) is 31.2.